The van der Waals surface area contributed by atoms with Gasteiger partial charge in [-0.2, -0.15) is 5.26 Å². The second-order valence-corrected chi connectivity index (χ2v) is 8.38. The number of para-hydroxylation sites is 1. The maximum Gasteiger partial charge on any atom is 0.163 e. The van der Waals surface area contributed by atoms with Gasteiger partial charge in [-0.15, -0.1) is 0 Å². The van der Waals surface area contributed by atoms with Gasteiger partial charge in [-0.05, 0) is 48.9 Å². The third-order valence-electron chi connectivity index (χ3n) is 5.15. The number of ether oxygens (including phenoxy) is 1. The zero-order valence-electron chi connectivity index (χ0n) is 18.9. The Hall–Kier alpha value is -3.86. The van der Waals surface area contributed by atoms with Crippen LogP contribution in [0, 0.1) is 11.3 Å². The molecule has 4 rings (SSSR count). The predicted molar refractivity (Wildman–Crippen MR) is 140 cm³/mol. The average molecular weight is 505 g/mol. The van der Waals surface area contributed by atoms with Crippen LogP contribution in [0.25, 0.3) is 22.6 Å². The van der Waals surface area contributed by atoms with E-state index in [1.807, 2.05) is 48.5 Å². The van der Waals surface area contributed by atoms with Crippen LogP contribution in [-0.2, 0) is 0 Å². The minimum absolute atomic E-state index is 0.392. The molecule has 0 bridgehead atoms. The molecule has 0 aliphatic rings. The molecule has 0 aliphatic heterocycles. The van der Waals surface area contributed by atoms with E-state index in [1.165, 1.54) is 0 Å². The lowest BCUT2D eigenvalue weighted by Gasteiger charge is -2.13. The van der Waals surface area contributed by atoms with Crippen molar-refractivity contribution < 1.29 is 4.74 Å². The van der Waals surface area contributed by atoms with Crippen LogP contribution in [0.5, 0.6) is 5.75 Å². The Bertz CT molecular complexity index is 1360. The molecule has 4 aromatic rings. The number of hydrogen-bond acceptors (Lipinski definition) is 7. The summed E-state index contributed by atoms with van der Waals surface area (Å²) in [4.78, 5) is 13.5. The Balaban J connectivity index is 1.53. The second-order valence-electron chi connectivity index (χ2n) is 7.54. The number of pyridine rings is 1. The number of benzene rings is 2. The largest absolute Gasteiger partial charge is 0.496 e. The first-order valence-electron chi connectivity index (χ1n) is 10.9. The lowest BCUT2D eigenvalue weighted by atomic mass is 10.1. The first kappa shape index (κ1) is 24.3. The minimum Gasteiger partial charge on any atom is -0.496 e. The zero-order valence-corrected chi connectivity index (χ0v) is 20.4. The summed E-state index contributed by atoms with van der Waals surface area (Å²) in [5, 5.41) is 16.5. The normalized spacial score (nSPS) is 10.5. The fourth-order valence-corrected chi connectivity index (χ4v) is 3.92. The molecular weight excluding hydrogens is 483 g/mol. The van der Waals surface area contributed by atoms with Gasteiger partial charge in [0.1, 0.15) is 23.3 Å². The van der Waals surface area contributed by atoms with Crippen molar-refractivity contribution in [3.05, 3.63) is 82.6 Å². The van der Waals surface area contributed by atoms with Gasteiger partial charge in [0.2, 0.25) is 0 Å². The van der Waals surface area contributed by atoms with E-state index in [4.69, 9.17) is 43.2 Å². The molecule has 0 unspecified atom stereocenters. The number of nitriles is 1. The highest BCUT2D eigenvalue weighted by Gasteiger charge is 2.14. The Morgan fingerprint density at radius 1 is 0.943 bits per heavy atom. The fraction of sp³-hybridized carbons (Fsp3) is 0.154. The topological polar surface area (TPSA) is 95.8 Å². The van der Waals surface area contributed by atoms with Gasteiger partial charge in [-0.25, -0.2) is 15.0 Å². The molecule has 0 saturated heterocycles. The van der Waals surface area contributed by atoms with Crippen molar-refractivity contribution in [1.82, 2.24) is 15.0 Å². The van der Waals surface area contributed by atoms with Crippen molar-refractivity contribution in [2.45, 2.75) is 6.42 Å². The number of methoxy groups -OCH3 is 1. The highest BCUT2D eigenvalue weighted by Crippen LogP contribution is 2.33. The van der Waals surface area contributed by atoms with Gasteiger partial charge in [0.05, 0.1) is 29.7 Å². The molecule has 0 saturated carbocycles. The van der Waals surface area contributed by atoms with Crippen LogP contribution < -0.4 is 15.4 Å². The standard InChI is InChI=1S/C26H22Cl2N6O/c1-35-24-6-3-2-5-21(24)23-14-25(34-26(33-23)20-10-7-17(27)13-22(20)28)31-12-4-11-30-19-9-8-18(15-29)32-16-19/h2-3,5-10,13-14,16,30H,4,11-12H2,1H3,(H,31,33,34). The summed E-state index contributed by atoms with van der Waals surface area (Å²) in [6, 6.07) is 20.4. The molecule has 176 valence electrons. The van der Waals surface area contributed by atoms with Crippen LogP contribution in [0.3, 0.4) is 0 Å². The minimum atomic E-state index is 0.392. The van der Waals surface area contributed by atoms with Crippen molar-refractivity contribution >= 4 is 34.7 Å². The van der Waals surface area contributed by atoms with E-state index in [0.717, 1.165) is 24.2 Å². The molecular formula is C26H22Cl2N6O. The quantitative estimate of drug-likeness (QED) is 0.258. The monoisotopic (exact) mass is 504 g/mol. The van der Waals surface area contributed by atoms with E-state index in [0.29, 0.717) is 50.9 Å². The van der Waals surface area contributed by atoms with Gasteiger partial charge in [0, 0.05) is 35.3 Å². The zero-order chi connectivity index (χ0) is 24.6. The third kappa shape index (κ3) is 6.18. The summed E-state index contributed by atoms with van der Waals surface area (Å²) in [7, 11) is 1.63. The van der Waals surface area contributed by atoms with Crippen LogP contribution in [-0.4, -0.2) is 35.2 Å². The van der Waals surface area contributed by atoms with Gasteiger partial charge in [0.15, 0.2) is 5.82 Å². The summed E-state index contributed by atoms with van der Waals surface area (Å²) < 4.78 is 5.54. The Labute approximate surface area is 213 Å². The molecule has 2 aromatic heterocycles. The van der Waals surface area contributed by atoms with E-state index < -0.39 is 0 Å². The van der Waals surface area contributed by atoms with E-state index >= 15 is 0 Å². The number of rotatable bonds is 9. The third-order valence-corrected chi connectivity index (χ3v) is 5.70. The van der Waals surface area contributed by atoms with Gasteiger partial charge >= 0.3 is 0 Å². The maximum atomic E-state index is 8.85. The lowest BCUT2D eigenvalue weighted by Crippen LogP contribution is -2.11. The summed E-state index contributed by atoms with van der Waals surface area (Å²) in [5.41, 5.74) is 3.50. The molecule has 0 spiro atoms. The number of nitrogens with zero attached hydrogens (tertiary/aromatic N) is 4. The molecule has 0 radical (unpaired) electrons. The summed E-state index contributed by atoms with van der Waals surface area (Å²) in [6.07, 6.45) is 2.48. The lowest BCUT2D eigenvalue weighted by molar-refractivity contribution is 0.416. The fourth-order valence-electron chi connectivity index (χ4n) is 3.43. The molecule has 0 aliphatic carbocycles. The molecule has 35 heavy (non-hydrogen) atoms. The first-order chi connectivity index (χ1) is 17.1. The summed E-state index contributed by atoms with van der Waals surface area (Å²) in [5.74, 6) is 1.87. The van der Waals surface area contributed by atoms with E-state index in [2.05, 4.69) is 15.6 Å². The van der Waals surface area contributed by atoms with Crippen molar-refractivity contribution in [1.29, 1.82) is 5.26 Å². The number of nitrogens with one attached hydrogen (secondary N) is 2. The van der Waals surface area contributed by atoms with Crippen LogP contribution in [0.2, 0.25) is 10.0 Å². The summed E-state index contributed by atoms with van der Waals surface area (Å²) >= 11 is 12.5. The summed E-state index contributed by atoms with van der Waals surface area (Å²) in [6.45, 7) is 1.40. The van der Waals surface area contributed by atoms with Crippen LogP contribution in [0.15, 0.2) is 66.9 Å². The van der Waals surface area contributed by atoms with Gasteiger partial charge in [-0.1, -0.05) is 35.3 Å². The highest BCUT2D eigenvalue weighted by molar-refractivity contribution is 6.36. The molecule has 2 aromatic carbocycles. The van der Waals surface area contributed by atoms with Crippen molar-refractivity contribution in [2.75, 3.05) is 30.8 Å². The number of anilines is 2. The second kappa shape index (κ2) is 11.5. The van der Waals surface area contributed by atoms with Gasteiger partial charge < -0.3 is 15.4 Å². The molecule has 0 fully saturated rings. The molecule has 9 heteroatoms. The van der Waals surface area contributed by atoms with E-state index in [1.54, 1.807) is 31.5 Å². The Morgan fingerprint density at radius 2 is 1.77 bits per heavy atom. The maximum absolute atomic E-state index is 8.85. The molecule has 2 heterocycles. The van der Waals surface area contributed by atoms with Gasteiger partial charge in [0.25, 0.3) is 0 Å². The molecule has 0 amide bonds. The first-order valence-corrected chi connectivity index (χ1v) is 11.6. The molecule has 7 nitrogen and oxygen atoms in total. The van der Waals surface area contributed by atoms with Crippen molar-refractivity contribution in [3.8, 4) is 34.5 Å². The highest BCUT2D eigenvalue weighted by atomic mass is 35.5. The Kier molecular flexibility index (Phi) is 7.99. The smallest absolute Gasteiger partial charge is 0.163 e. The Morgan fingerprint density at radius 3 is 2.51 bits per heavy atom. The van der Waals surface area contributed by atoms with Gasteiger partial charge in [-0.3, -0.25) is 0 Å². The molecule has 2 N–H and O–H groups in total. The average Bonchev–Trinajstić information content (AvgIpc) is 2.88. The molecule has 0 atom stereocenters. The van der Waals surface area contributed by atoms with Crippen LogP contribution >= 0.6 is 23.2 Å². The SMILES string of the molecule is COc1ccccc1-c1cc(NCCCNc2ccc(C#N)nc2)nc(-c2ccc(Cl)cc2Cl)n1. The number of aromatic nitrogens is 3. The van der Waals surface area contributed by atoms with Crippen molar-refractivity contribution in [3.63, 3.8) is 0 Å². The number of hydrogen-bond donors (Lipinski definition) is 2. The van der Waals surface area contributed by atoms with Crippen LogP contribution in [0.1, 0.15) is 12.1 Å². The van der Waals surface area contributed by atoms with E-state index in [9.17, 15) is 0 Å². The number of halogens is 2. The van der Waals surface area contributed by atoms with Crippen LogP contribution in [0.4, 0.5) is 11.5 Å². The predicted octanol–water partition coefficient (Wildman–Crippen LogP) is 6.31. The van der Waals surface area contributed by atoms with E-state index in [-0.39, 0.29) is 0 Å². The van der Waals surface area contributed by atoms with Crippen molar-refractivity contribution in [2.24, 2.45) is 0 Å².